The molecule has 0 atom stereocenters. The first-order chi connectivity index (χ1) is 5.77. The number of hydrogen-bond acceptors (Lipinski definition) is 2. The van der Waals surface area contributed by atoms with Gasteiger partial charge in [-0.3, -0.25) is 4.79 Å². The predicted molar refractivity (Wildman–Crippen MR) is 49.7 cm³/mol. The first-order valence-electron chi connectivity index (χ1n) is 3.85. The van der Waals surface area contributed by atoms with Gasteiger partial charge in [0.2, 0.25) is 0 Å². The molecule has 0 bridgehead atoms. The molecular formula is C10H14O2. The number of hydrogen-bond donors (Lipinski definition) is 0. The summed E-state index contributed by atoms with van der Waals surface area (Å²) in [6.07, 6.45) is 9.99. The minimum absolute atomic E-state index is 0.231. The topological polar surface area (TPSA) is 26.3 Å². The van der Waals surface area contributed by atoms with E-state index >= 15 is 0 Å². The average molecular weight is 166 g/mol. The lowest BCUT2D eigenvalue weighted by Gasteiger charge is -1.95. The molecule has 0 unspecified atom stereocenters. The second kappa shape index (κ2) is 7.79. The van der Waals surface area contributed by atoms with Crippen molar-refractivity contribution in [3.63, 3.8) is 0 Å². The molecule has 0 rings (SSSR count). The van der Waals surface area contributed by atoms with Crippen LogP contribution in [-0.2, 0) is 9.53 Å². The Balaban J connectivity index is 3.30. The molecule has 0 aliphatic carbocycles. The van der Waals surface area contributed by atoms with Crippen molar-refractivity contribution in [1.29, 1.82) is 0 Å². The molecule has 0 radical (unpaired) electrons. The van der Waals surface area contributed by atoms with Crippen LogP contribution in [0.15, 0.2) is 37.0 Å². The highest BCUT2D eigenvalue weighted by molar-refractivity contribution is 5.65. The van der Waals surface area contributed by atoms with Crippen molar-refractivity contribution in [3.8, 4) is 0 Å². The number of rotatable bonds is 5. The summed E-state index contributed by atoms with van der Waals surface area (Å²) in [7, 11) is 0. The van der Waals surface area contributed by atoms with Crippen molar-refractivity contribution in [3.05, 3.63) is 37.0 Å². The molecule has 0 N–H and O–H groups in total. The summed E-state index contributed by atoms with van der Waals surface area (Å²) in [5.41, 5.74) is 0. The Morgan fingerprint density at radius 2 is 2.17 bits per heavy atom. The summed E-state index contributed by atoms with van der Waals surface area (Å²) in [6.45, 7) is 5.38. The number of carbonyl (C=O) groups is 1. The molecule has 0 amide bonds. The molecule has 0 aromatic heterocycles. The quantitative estimate of drug-likeness (QED) is 0.355. The Kier molecular flexibility index (Phi) is 6.94. The van der Waals surface area contributed by atoms with Crippen LogP contribution in [-0.4, -0.2) is 12.6 Å². The molecule has 2 nitrogen and oxygen atoms in total. The maximum Gasteiger partial charge on any atom is 0.302 e. The molecule has 2 heteroatoms. The monoisotopic (exact) mass is 166 g/mol. The third-order valence-electron chi connectivity index (χ3n) is 1.08. The summed E-state index contributed by atoms with van der Waals surface area (Å²) >= 11 is 0. The van der Waals surface area contributed by atoms with Gasteiger partial charge in [-0.15, -0.1) is 0 Å². The van der Waals surface area contributed by atoms with Gasteiger partial charge in [0.05, 0.1) is 6.61 Å². The first-order valence-corrected chi connectivity index (χ1v) is 3.85. The van der Waals surface area contributed by atoms with Crippen molar-refractivity contribution >= 4 is 5.97 Å². The van der Waals surface area contributed by atoms with Gasteiger partial charge in [0, 0.05) is 6.92 Å². The van der Waals surface area contributed by atoms with Crippen LogP contribution >= 0.6 is 0 Å². The highest BCUT2D eigenvalue weighted by atomic mass is 16.5. The van der Waals surface area contributed by atoms with Crippen LogP contribution in [0.2, 0.25) is 0 Å². The van der Waals surface area contributed by atoms with Gasteiger partial charge in [0.15, 0.2) is 0 Å². The van der Waals surface area contributed by atoms with Crippen molar-refractivity contribution in [1.82, 2.24) is 0 Å². The normalized spacial score (nSPS) is 10.8. The van der Waals surface area contributed by atoms with Gasteiger partial charge in [-0.2, -0.15) is 0 Å². The van der Waals surface area contributed by atoms with Gasteiger partial charge < -0.3 is 4.74 Å². The van der Waals surface area contributed by atoms with E-state index in [0.29, 0.717) is 6.61 Å². The van der Waals surface area contributed by atoms with Crippen molar-refractivity contribution in [2.45, 2.75) is 13.3 Å². The third kappa shape index (κ3) is 8.69. The van der Waals surface area contributed by atoms with E-state index in [1.165, 1.54) is 6.92 Å². The summed E-state index contributed by atoms with van der Waals surface area (Å²) < 4.78 is 4.71. The summed E-state index contributed by atoms with van der Waals surface area (Å²) in [5.74, 6) is -0.231. The lowest BCUT2D eigenvalue weighted by atomic mass is 10.3. The minimum Gasteiger partial charge on any atom is -0.466 e. The molecule has 0 heterocycles. The Morgan fingerprint density at radius 3 is 2.75 bits per heavy atom. The number of allylic oxidation sites excluding steroid dienone is 4. The van der Waals surface area contributed by atoms with Crippen LogP contribution in [0, 0.1) is 0 Å². The van der Waals surface area contributed by atoms with Crippen molar-refractivity contribution in [2.24, 2.45) is 0 Å². The molecule has 12 heavy (non-hydrogen) atoms. The highest BCUT2D eigenvalue weighted by Crippen LogP contribution is 1.87. The van der Waals surface area contributed by atoms with Crippen LogP contribution in [0.1, 0.15) is 13.3 Å². The van der Waals surface area contributed by atoms with E-state index in [2.05, 4.69) is 6.58 Å². The summed E-state index contributed by atoms with van der Waals surface area (Å²) in [5, 5.41) is 0. The molecule has 0 fully saturated rings. The van der Waals surface area contributed by atoms with Crippen LogP contribution < -0.4 is 0 Å². The largest absolute Gasteiger partial charge is 0.466 e. The number of esters is 1. The van der Waals surface area contributed by atoms with Gasteiger partial charge in [-0.25, -0.2) is 0 Å². The van der Waals surface area contributed by atoms with Crippen LogP contribution in [0.3, 0.4) is 0 Å². The third-order valence-corrected chi connectivity index (χ3v) is 1.08. The molecule has 0 aliphatic heterocycles. The Hall–Kier alpha value is -1.31. The fourth-order valence-electron chi connectivity index (χ4n) is 0.588. The van der Waals surface area contributed by atoms with Gasteiger partial charge in [-0.05, 0) is 6.42 Å². The van der Waals surface area contributed by atoms with E-state index in [-0.39, 0.29) is 5.97 Å². The Labute approximate surface area is 73.2 Å². The van der Waals surface area contributed by atoms with E-state index in [1.54, 1.807) is 6.08 Å². The SMILES string of the molecule is C=C/C=C\C=C/CCOC(C)=O. The van der Waals surface area contributed by atoms with E-state index in [4.69, 9.17) is 4.74 Å². The molecule has 0 saturated heterocycles. The predicted octanol–water partition coefficient (Wildman–Crippen LogP) is 2.24. The standard InChI is InChI=1S/C10H14O2/c1-3-4-5-6-7-8-9-12-10(2)11/h3-7H,1,8-9H2,2H3/b5-4-,7-6-. The molecule has 0 aromatic carbocycles. The van der Waals surface area contributed by atoms with Crippen molar-refractivity contribution < 1.29 is 9.53 Å². The lowest BCUT2D eigenvalue weighted by Crippen LogP contribution is -1.98. The molecular weight excluding hydrogens is 152 g/mol. The maximum atomic E-state index is 10.3. The van der Waals surface area contributed by atoms with Crippen LogP contribution in [0.5, 0.6) is 0 Å². The average Bonchev–Trinajstić information content (AvgIpc) is 2.02. The van der Waals surface area contributed by atoms with E-state index in [1.807, 2.05) is 24.3 Å². The maximum absolute atomic E-state index is 10.3. The zero-order valence-electron chi connectivity index (χ0n) is 7.32. The molecule has 0 spiro atoms. The molecule has 0 aliphatic rings. The van der Waals surface area contributed by atoms with Crippen molar-refractivity contribution in [2.75, 3.05) is 6.61 Å². The second-order valence-corrected chi connectivity index (χ2v) is 2.18. The second-order valence-electron chi connectivity index (χ2n) is 2.18. The summed E-state index contributed by atoms with van der Waals surface area (Å²) in [6, 6.07) is 0. The van der Waals surface area contributed by atoms with Gasteiger partial charge >= 0.3 is 5.97 Å². The highest BCUT2D eigenvalue weighted by Gasteiger charge is 1.87. The van der Waals surface area contributed by atoms with E-state index in [9.17, 15) is 4.79 Å². The zero-order valence-corrected chi connectivity index (χ0v) is 7.32. The Morgan fingerprint density at radius 1 is 1.42 bits per heavy atom. The van der Waals surface area contributed by atoms with Crippen LogP contribution in [0.25, 0.3) is 0 Å². The van der Waals surface area contributed by atoms with E-state index in [0.717, 1.165) is 6.42 Å². The smallest absolute Gasteiger partial charge is 0.302 e. The fraction of sp³-hybridized carbons (Fsp3) is 0.300. The fourth-order valence-corrected chi connectivity index (χ4v) is 0.588. The summed E-state index contributed by atoms with van der Waals surface area (Å²) in [4.78, 5) is 10.3. The molecule has 0 aromatic rings. The van der Waals surface area contributed by atoms with Gasteiger partial charge in [0.25, 0.3) is 0 Å². The number of carbonyl (C=O) groups excluding carboxylic acids is 1. The lowest BCUT2D eigenvalue weighted by molar-refractivity contribution is -0.140. The van der Waals surface area contributed by atoms with Gasteiger partial charge in [0.1, 0.15) is 0 Å². The first kappa shape index (κ1) is 10.7. The zero-order chi connectivity index (χ0) is 9.23. The molecule has 0 saturated carbocycles. The van der Waals surface area contributed by atoms with E-state index < -0.39 is 0 Å². The van der Waals surface area contributed by atoms with Gasteiger partial charge in [-0.1, -0.05) is 37.0 Å². The Bertz CT molecular complexity index is 190. The number of ether oxygens (including phenoxy) is 1. The van der Waals surface area contributed by atoms with Crippen LogP contribution in [0.4, 0.5) is 0 Å². The minimum atomic E-state index is -0.231. The molecule has 66 valence electrons.